The smallest absolute Gasteiger partial charge is 0.295 e. The number of benzene rings is 1. The van der Waals surface area contributed by atoms with Crippen LogP contribution < -0.4 is 5.69 Å². The quantitative estimate of drug-likeness (QED) is 0.590. The Morgan fingerprint density at radius 1 is 1.25 bits per heavy atom. The van der Waals surface area contributed by atoms with Crippen molar-refractivity contribution < 1.29 is 4.92 Å². The number of nitro benzene ring substituents is 1. The number of rotatable bonds is 1. The lowest BCUT2D eigenvalue weighted by molar-refractivity contribution is -0.385. The summed E-state index contributed by atoms with van der Waals surface area (Å²) in [5, 5.41) is 10.7. The van der Waals surface area contributed by atoms with Crippen LogP contribution in [-0.2, 0) is 14.1 Å². The van der Waals surface area contributed by atoms with Gasteiger partial charge in [0.2, 0.25) is 0 Å². The van der Waals surface area contributed by atoms with E-state index in [9.17, 15) is 14.9 Å². The Balaban J connectivity index is 2.96. The predicted octanol–water partition coefficient (Wildman–Crippen LogP) is 1.55. The zero-order chi connectivity index (χ0) is 12.0. The largest absolute Gasteiger partial charge is 0.328 e. The Hall–Kier alpha value is -1.63. The van der Waals surface area contributed by atoms with Gasteiger partial charge in [-0.1, -0.05) is 0 Å². The highest BCUT2D eigenvalue weighted by atomic mass is 79.9. The number of nitro groups is 1. The van der Waals surface area contributed by atoms with E-state index in [1.54, 1.807) is 20.2 Å². The molecule has 1 aromatic heterocycles. The van der Waals surface area contributed by atoms with Crippen molar-refractivity contribution in [2.24, 2.45) is 14.1 Å². The number of aryl methyl sites for hydroxylation is 2. The summed E-state index contributed by atoms with van der Waals surface area (Å²) in [4.78, 5) is 21.9. The highest BCUT2D eigenvalue weighted by molar-refractivity contribution is 9.10. The van der Waals surface area contributed by atoms with Crippen LogP contribution in [-0.4, -0.2) is 14.1 Å². The number of halogens is 1. The molecule has 0 aliphatic heterocycles. The van der Waals surface area contributed by atoms with Crippen LogP contribution >= 0.6 is 15.9 Å². The maximum atomic E-state index is 11.6. The lowest BCUT2D eigenvalue weighted by Gasteiger charge is -1.98. The first-order chi connectivity index (χ1) is 7.43. The Labute approximate surface area is 98.4 Å². The summed E-state index contributed by atoms with van der Waals surface area (Å²) >= 11 is 3.12. The van der Waals surface area contributed by atoms with Gasteiger partial charge in [0.1, 0.15) is 0 Å². The van der Waals surface area contributed by atoms with Crippen LogP contribution in [0.1, 0.15) is 0 Å². The van der Waals surface area contributed by atoms with E-state index in [4.69, 9.17) is 0 Å². The minimum atomic E-state index is -0.485. The second-order valence-corrected chi connectivity index (χ2v) is 4.30. The van der Waals surface area contributed by atoms with Crippen LogP contribution in [0.25, 0.3) is 11.0 Å². The van der Waals surface area contributed by atoms with E-state index < -0.39 is 4.92 Å². The molecule has 16 heavy (non-hydrogen) atoms. The highest BCUT2D eigenvalue weighted by Crippen LogP contribution is 2.29. The molecule has 0 saturated carbocycles. The van der Waals surface area contributed by atoms with Gasteiger partial charge in [-0.25, -0.2) is 4.79 Å². The minimum absolute atomic E-state index is 0.0475. The van der Waals surface area contributed by atoms with Crippen LogP contribution in [0.15, 0.2) is 21.4 Å². The predicted molar refractivity (Wildman–Crippen MR) is 62.5 cm³/mol. The Kier molecular flexibility index (Phi) is 2.34. The maximum absolute atomic E-state index is 11.6. The van der Waals surface area contributed by atoms with Gasteiger partial charge < -0.3 is 0 Å². The molecule has 84 valence electrons. The molecule has 6 nitrogen and oxygen atoms in total. The molecule has 0 saturated heterocycles. The fourth-order valence-electron chi connectivity index (χ4n) is 1.65. The van der Waals surface area contributed by atoms with Crippen LogP contribution in [0.4, 0.5) is 5.69 Å². The lowest BCUT2D eigenvalue weighted by Crippen LogP contribution is -2.19. The molecule has 0 unspecified atom stereocenters. The van der Waals surface area contributed by atoms with Crippen LogP contribution in [0.5, 0.6) is 0 Å². The van der Waals surface area contributed by atoms with Crippen molar-refractivity contribution in [2.45, 2.75) is 0 Å². The number of nitrogens with zero attached hydrogens (tertiary/aromatic N) is 3. The molecule has 1 aromatic carbocycles. The van der Waals surface area contributed by atoms with Gasteiger partial charge in [-0.15, -0.1) is 0 Å². The summed E-state index contributed by atoms with van der Waals surface area (Å²) < 4.78 is 3.20. The van der Waals surface area contributed by atoms with Crippen molar-refractivity contribution in [3.8, 4) is 0 Å². The van der Waals surface area contributed by atoms with Crippen molar-refractivity contribution in [3.05, 3.63) is 37.2 Å². The summed E-state index contributed by atoms with van der Waals surface area (Å²) in [5.41, 5.74) is 0.948. The van der Waals surface area contributed by atoms with E-state index in [0.717, 1.165) is 0 Å². The molecule has 7 heteroatoms. The topological polar surface area (TPSA) is 70.1 Å². The zero-order valence-corrected chi connectivity index (χ0v) is 10.2. The summed E-state index contributed by atoms with van der Waals surface area (Å²) in [6, 6.07) is 2.97. The lowest BCUT2D eigenvalue weighted by atomic mass is 10.3. The van der Waals surface area contributed by atoms with Crippen LogP contribution in [0, 0.1) is 10.1 Å². The first-order valence-corrected chi connectivity index (χ1v) is 5.22. The van der Waals surface area contributed by atoms with E-state index in [-0.39, 0.29) is 11.4 Å². The number of aromatic nitrogens is 2. The van der Waals surface area contributed by atoms with Gasteiger partial charge in [0.25, 0.3) is 5.69 Å². The van der Waals surface area contributed by atoms with Crippen LogP contribution in [0.2, 0.25) is 0 Å². The summed E-state index contributed by atoms with van der Waals surface area (Å²) in [7, 11) is 3.21. The van der Waals surface area contributed by atoms with Crippen molar-refractivity contribution in [1.29, 1.82) is 0 Å². The SMILES string of the molecule is Cn1c(=O)n(C)c2cc([N+](=O)[O-])c(Br)cc21. The number of hydrogen-bond acceptors (Lipinski definition) is 3. The summed E-state index contributed by atoms with van der Waals surface area (Å²) in [6.45, 7) is 0. The molecular weight excluding hydrogens is 278 g/mol. The number of fused-ring (bicyclic) bond motifs is 1. The standard InChI is InChI=1S/C9H8BrN3O3/c1-11-7-3-5(10)6(13(15)16)4-8(7)12(2)9(11)14/h3-4H,1-2H3. The molecule has 2 aromatic rings. The van der Waals surface area contributed by atoms with E-state index in [0.29, 0.717) is 15.5 Å². The van der Waals surface area contributed by atoms with Crippen molar-refractivity contribution in [1.82, 2.24) is 9.13 Å². The minimum Gasteiger partial charge on any atom is -0.295 e. The molecule has 2 rings (SSSR count). The second-order valence-electron chi connectivity index (χ2n) is 3.45. The second kappa shape index (κ2) is 3.44. The molecule has 0 fully saturated rings. The molecule has 0 aliphatic rings. The monoisotopic (exact) mass is 285 g/mol. The molecule has 1 heterocycles. The van der Waals surface area contributed by atoms with Gasteiger partial charge in [-0.05, 0) is 22.0 Å². The zero-order valence-electron chi connectivity index (χ0n) is 8.60. The fraction of sp³-hybridized carbons (Fsp3) is 0.222. The average molecular weight is 286 g/mol. The molecule has 0 spiro atoms. The van der Waals surface area contributed by atoms with Gasteiger partial charge in [0.05, 0.1) is 20.4 Å². The molecule has 0 aliphatic carbocycles. The first kappa shape index (κ1) is 10.9. The van der Waals surface area contributed by atoms with Gasteiger partial charge in [-0.3, -0.25) is 19.2 Å². The van der Waals surface area contributed by atoms with Gasteiger partial charge in [0, 0.05) is 20.2 Å². The molecule has 0 atom stereocenters. The summed E-state index contributed by atoms with van der Waals surface area (Å²) in [5.74, 6) is 0. The average Bonchev–Trinajstić information content (AvgIpc) is 2.43. The third kappa shape index (κ3) is 1.35. The first-order valence-electron chi connectivity index (χ1n) is 4.43. The van der Waals surface area contributed by atoms with Gasteiger partial charge >= 0.3 is 5.69 Å². The fourth-order valence-corrected chi connectivity index (χ4v) is 2.12. The van der Waals surface area contributed by atoms with E-state index in [1.807, 2.05) is 0 Å². The molecular formula is C9H8BrN3O3. The van der Waals surface area contributed by atoms with Crippen molar-refractivity contribution in [2.75, 3.05) is 0 Å². The number of imidazole rings is 1. The third-order valence-electron chi connectivity index (χ3n) is 2.54. The third-order valence-corrected chi connectivity index (χ3v) is 3.17. The van der Waals surface area contributed by atoms with Gasteiger partial charge in [0.15, 0.2) is 0 Å². The molecule has 0 radical (unpaired) electrons. The molecule has 0 bridgehead atoms. The Morgan fingerprint density at radius 3 is 2.25 bits per heavy atom. The Morgan fingerprint density at radius 2 is 1.75 bits per heavy atom. The normalized spacial score (nSPS) is 10.9. The van der Waals surface area contributed by atoms with Crippen molar-refractivity contribution in [3.63, 3.8) is 0 Å². The van der Waals surface area contributed by atoms with E-state index in [1.165, 1.54) is 15.2 Å². The molecule has 0 amide bonds. The summed E-state index contributed by atoms with van der Waals surface area (Å²) in [6.07, 6.45) is 0. The highest BCUT2D eigenvalue weighted by Gasteiger charge is 2.17. The van der Waals surface area contributed by atoms with E-state index in [2.05, 4.69) is 15.9 Å². The maximum Gasteiger partial charge on any atom is 0.328 e. The van der Waals surface area contributed by atoms with Crippen LogP contribution in [0.3, 0.4) is 0 Å². The Bertz CT molecular complexity index is 656. The van der Waals surface area contributed by atoms with Crippen molar-refractivity contribution >= 4 is 32.7 Å². The molecule has 0 N–H and O–H groups in total. The van der Waals surface area contributed by atoms with Gasteiger partial charge in [-0.2, -0.15) is 0 Å². The number of hydrogen-bond donors (Lipinski definition) is 0. The van der Waals surface area contributed by atoms with E-state index >= 15 is 0 Å².